The van der Waals surface area contributed by atoms with Gasteiger partial charge in [0, 0.05) is 11.1 Å². The van der Waals surface area contributed by atoms with Crippen molar-refractivity contribution in [3.8, 4) is 11.5 Å². The fourth-order valence-electron chi connectivity index (χ4n) is 2.11. The van der Waals surface area contributed by atoms with Crippen LogP contribution in [0.5, 0.6) is 11.5 Å². The second-order valence-electron chi connectivity index (χ2n) is 5.19. The molecule has 5 nitrogen and oxygen atoms in total. The zero-order chi connectivity index (χ0) is 16.4. The van der Waals surface area contributed by atoms with Gasteiger partial charge in [-0.15, -0.1) is 0 Å². The van der Waals surface area contributed by atoms with Crippen LogP contribution in [0, 0.1) is 6.92 Å². The highest BCUT2D eigenvalue weighted by Gasteiger charge is 2.24. The Labute approximate surface area is 139 Å². The third-order valence-electron chi connectivity index (χ3n) is 3.34. The number of ether oxygens (including phenoxy) is 2. The third kappa shape index (κ3) is 3.77. The second kappa shape index (κ2) is 6.39. The highest BCUT2D eigenvalue weighted by molar-refractivity contribution is 7.86. The molecule has 0 saturated heterocycles. The van der Waals surface area contributed by atoms with Crippen LogP contribution < -0.4 is 9.47 Å². The van der Waals surface area contributed by atoms with E-state index in [4.69, 9.17) is 25.3 Å². The predicted octanol–water partition coefficient (Wildman–Crippen LogP) is 3.19. The number of rotatable bonds is 4. The molecule has 0 radical (unpaired) electrons. The zero-order valence-electron chi connectivity index (χ0n) is 12.4. The van der Waals surface area contributed by atoms with Gasteiger partial charge in [-0.2, -0.15) is 8.42 Å². The summed E-state index contributed by atoms with van der Waals surface area (Å²) in [5, 5.41) is 0.515. The summed E-state index contributed by atoms with van der Waals surface area (Å²) < 4.78 is 40.6. The minimum atomic E-state index is -3.82. The first-order chi connectivity index (χ1) is 10.9. The molecule has 0 N–H and O–H groups in total. The molecule has 0 amide bonds. The van der Waals surface area contributed by atoms with E-state index in [1.807, 2.05) is 6.92 Å². The van der Waals surface area contributed by atoms with E-state index in [0.29, 0.717) is 16.5 Å². The molecular formula is C16H15ClO5S. The van der Waals surface area contributed by atoms with Gasteiger partial charge in [-0.1, -0.05) is 29.3 Å². The minimum Gasteiger partial charge on any atom is -0.486 e. The fourth-order valence-corrected chi connectivity index (χ4v) is 3.21. The number of fused-ring (bicyclic) bond motifs is 1. The summed E-state index contributed by atoms with van der Waals surface area (Å²) in [7, 11) is -3.82. The molecule has 0 fully saturated rings. The molecule has 0 spiro atoms. The molecular weight excluding hydrogens is 340 g/mol. The maximum absolute atomic E-state index is 12.1. The maximum atomic E-state index is 12.1. The van der Waals surface area contributed by atoms with E-state index in [9.17, 15) is 8.42 Å². The van der Waals surface area contributed by atoms with Crippen molar-refractivity contribution in [2.45, 2.75) is 17.9 Å². The van der Waals surface area contributed by atoms with Crippen molar-refractivity contribution in [3.63, 3.8) is 0 Å². The SMILES string of the molecule is Cc1ccc(S(=O)(=O)OCC2COc3ccc(Cl)cc3O2)cc1. The molecule has 1 heterocycles. The van der Waals surface area contributed by atoms with E-state index < -0.39 is 16.2 Å². The van der Waals surface area contributed by atoms with Gasteiger partial charge in [-0.25, -0.2) is 0 Å². The first-order valence-electron chi connectivity index (χ1n) is 6.99. The quantitative estimate of drug-likeness (QED) is 0.789. The van der Waals surface area contributed by atoms with Gasteiger partial charge < -0.3 is 9.47 Å². The van der Waals surface area contributed by atoms with Crippen LogP contribution in [0.3, 0.4) is 0 Å². The first-order valence-corrected chi connectivity index (χ1v) is 8.78. The van der Waals surface area contributed by atoms with Crippen molar-refractivity contribution >= 4 is 21.7 Å². The summed E-state index contributed by atoms with van der Waals surface area (Å²) in [5.41, 5.74) is 0.974. The van der Waals surface area contributed by atoms with Gasteiger partial charge >= 0.3 is 0 Å². The van der Waals surface area contributed by atoms with Gasteiger partial charge in [0.1, 0.15) is 13.2 Å². The van der Waals surface area contributed by atoms with Gasteiger partial charge in [0.2, 0.25) is 0 Å². The Morgan fingerprint density at radius 2 is 1.91 bits per heavy atom. The smallest absolute Gasteiger partial charge is 0.297 e. The van der Waals surface area contributed by atoms with Crippen LogP contribution in [0.15, 0.2) is 47.4 Å². The summed E-state index contributed by atoms with van der Waals surface area (Å²) >= 11 is 5.90. The Balaban J connectivity index is 1.66. The number of halogens is 1. The van der Waals surface area contributed by atoms with Crippen LogP contribution in [0.2, 0.25) is 5.02 Å². The zero-order valence-corrected chi connectivity index (χ0v) is 13.9. The third-order valence-corrected chi connectivity index (χ3v) is 4.87. The molecule has 0 bridgehead atoms. The normalized spacial score (nSPS) is 17.0. The minimum absolute atomic E-state index is 0.114. The Kier molecular flexibility index (Phi) is 4.48. The molecule has 122 valence electrons. The molecule has 1 atom stereocenters. The lowest BCUT2D eigenvalue weighted by atomic mass is 10.2. The molecule has 1 aliphatic heterocycles. The van der Waals surface area contributed by atoms with E-state index in [1.165, 1.54) is 12.1 Å². The average Bonchev–Trinajstić information content (AvgIpc) is 2.53. The molecule has 1 aliphatic rings. The predicted molar refractivity (Wildman–Crippen MR) is 85.7 cm³/mol. The lowest BCUT2D eigenvalue weighted by Crippen LogP contribution is -2.34. The number of hydrogen-bond donors (Lipinski definition) is 0. The molecule has 7 heteroatoms. The molecule has 2 aromatic carbocycles. The summed E-state index contributed by atoms with van der Waals surface area (Å²) in [6.07, 6.45) is -0.527. The van der Waals surface area contributed by atoms with Gasteiger partial charge in [0.25, 0.3) is 10.1 Å². The van der Waals surface area contributed by atoms with E-state index in [2.05, 4.69) is 0 Å². The maximum Gasteiger partial charge on any atom is 0.297 e. The van der Waals surface area contributed by atoms with E-state index >= 15 is 0 Å². The Morgan fingerprint density at radius 1 is 1.17 bits per heavy atom. The summed E-state index contributed by atoms with van der Waals surface area (Å²) in [4.78, 5) is 0.114. The summed E-state index contributed by atoms with van der Waals surface area (Å²) in [5.74, 6) is 1.05. The van der Waals surface area contributed by atoms with Crippen molar-refractivity contribution in [1.29, 1.82) is 0 Å². The van der Waals surface area contributed by atoms with Crippen molar-refractivity contribution in [1.82, 2.24) is 0 Å². The highest BCUT2D eigenvalue weighted by Crippen LogP contribution is 2.34. The highest BCUT2D eigenvalue weighted by atomic mass is 35.5. The Bertz CT molecular complexity index is 802. The van der Waals surface area contributed by atoms with E-state index in [1.54, 1.807) is 30.3 Å². The van der Waals surface area contributed by atoms with Crippen LogP contribution in [0.25, 0.3) is 0 Å². The van der Waals surface area contributed by atoms with Crippen LogP contribution >= 0.6 is 11.6 Å². The molecule has 2 aromatic rings. The van der Waals surface area contributed by atoms with E-state index in [0.717, 1.165) is 5.56 Å². The lowest BCUT2D eigenvalue weighted by Gasteiger charge is -2.26. The van der Waals surface area contributed by atoms with Crippen molar-refractivity contribution in [3.05, 3.63) is 53.1 Å². The van der Waals surface area contributed by atoms with Gasteiger partial charge in [0.05, 0.1) is 4.90 Å². The van der Waals surface area contributed by atoms with Gasteiger partial charge in [-0.3, -0.25) is 4.18 Å². The summed E-state index contributed by atoms with van der Waals surface area (Å²) in [6, 6.07) is 11.5. The monoisotopic (exact) mass is 354 g/mol. The standard InChI is InChI=1S/C16H15ClO5S/c1-11-2-5-14(6-3-11)23(18,19)21-10-13-9-20-15-7-4-12(17)8-16(15)22-13/h2-8,13H,9-10H2,1H3. The molecule has 1 unspecified atom stereocenters. The van der Waals surface area contributed by atoms with Crippen molar-refractivity contribution < 1.29 is 22.1 Å². The molecule has 23 heavy (non-hydrogen) atoms. The van der Waals surface area contributed by atoms with Gasteiger partial charge in [0.15, 0.2) is 17.6 Å². The second-order valence-corrected chi connectivity index (χ2v) is 7.25. The van der Waals surface area contributed by atoms with Crippen LogP contribution in [0.4, 0.5) is 0 Å². The number of benzene rings is 2. The topological polar surface area (TPSA) is 61.8 Å². The first kappa shape index (κ1) is 16.1. The number of aryl methyl sites for hydroxylation is 1. The van der Waals surface area contributed by atoms with Crippen LogP contribution in [-0.2, 0) is 14.3 Å². The largest absolute Gasteiger partial charge is 0.486 e. The Morgan fingerprint density at radius 3 is 2.65 bits per heavy atom. The Hall–Kier alpha value is -1.76. The van der Waals surface area contributed by atoms with Crippen molar-refractivity contribution in [2.24, 2.45) is 0 Å². The molecule has 0 saturated carbocycles. The molecule has 0 aromatic heterocycles. The van der Waals surface area contributed by atoms with Crippen molar-refractivity contribution in [2.75, 3.05) is 13.2 Å². The lowest BCUT2D eigenvalue weighted by molar-refractivity contribution is 0.0555. The molecule has 0 aliphatic carbocycles. The van der Waals surface area contributed by atoms with Crippen LogP contribution in [-0.4, -0.2) is 27.7 Å². The number of hydrogen-bond acceptors (Lipinski definition) is 5. The van der Waals surface area contributed by atoms with E-state index in [-0.39, 0.29) is 18.1 Å². The molecule has 3 rings (SSSR count). The van der Waals surface area contributed by atoms with Crippen LogP contribution in [0.1, 0.15) is 5.56 Å². The average molecular weight is 355 g/mol. The summed E-state index contributed by atoms with van der Waals surface area (Å²) in [6.45, 7) is 1.95. The van der Waals surface area contributed by atoms with Gasteiger partial charge in [-0.05, 0) is 31.2 Å². The fraction of sp³-hybridized carbons (Fsp3) is 0.250.